The third kappa shape index (κ3) is 4.70. The SMILES string of the molecule is CC(C)(C)C1CCCC(N2CCCCC2CC(=O)O)CC1. The molecule has 1 N–H and O–H groups in total. The Morgan fingerprint density at radius 2 is 1.81 bits per heavy atom. The van der Waals surface area contributed by atoms with Crippen molar-refractivity contribution >= 4 is 5.97 Å². The molecule has 1 heterocycles. The van der Waals surface area contributed by atoms with Crippen LogP contribution in [0, 0.1) is 11.3 Å². The molecule has 0 amide bonds. The van der Waals surface area contributed by atoms with Crippen LogP contribution in [0.25, 0.3) is 0 Å². The molecule has 1 saturated heterocycles. The molecule has 0 spiro atoms. The van der Waals surface area contributed by atoms with E-state index in [1.165, 1.54) is 44.9 Å². The van der Waals surface area contributed by atoms with Crippen LogP contribution < -0.4 is 0 Å². The summed E-state index contributed by atoms with van der Waals surface area (Å²) >= 11 is 0. The van der Waals surface area contributed by atoms with Gasteiger partial charge in [0, 0.05) is 12.1 Å². The van der Waals surface area contributed by atoms with Gasteiger partial charge in [0.05, 0.1) is 6.42 Å². The molecule has 2 aliphatic rings. The van der Waals surface area contributed by atoms with Crippen LogP contribution in [0.15, 0.2) is 0 Å². The lowest BCUT2D eigenvalue weighted by Gasteiger charge is -2.41. The predicted octanol–water partition coefficient (Wildman–Crippen LogP) is 4.31. The lowest BCUT2D eigenvalue weighted by molar-refractivity contribution is -0.139. The van der Waals surface area contributed by atoms with Crippen LogP contribution in [-0.4, -0.2) is 34.6 Å². The van der Waals surface area contributed by atoms with E-state index in [2.05, 4.69) is 25.7 Å². The molecule has 1 aliphatic carbocycles. The van der Waals surface area contributed by atoms with Crippen molar-refractivity contribution in [2.24, 2.45) is 11.3 Å². The van der Waals surface area contributed by atoms with Gasteiger partial charge < -0.3 is 5.11 Å². The monoisotopic (exact) mass is 295 g/mol. The van der Waals surface area contributed by atoms with Gasteiger partial charge in [-0.3, -0.25) is 9.69 Å². The molecule has 3 heteroatoms. The zero-order valence-electron chi connectivity index (χ0n) is 14.1. The second kappa shape index (κ2) is 7.13. The van der Waals surface area contributed by atoms with Crippen LogP contribution in [0.5, 0.6) is 0 Å². The van der Waals surface area contributed by atoms with E-state index in [1.54, 1.807) is 0 Å². The Bertz CT molecular complexity index is 348. The molecule has 21 heavy (non-hydrogen) atoms. The second-order valence-corrected chi connectivity index (χ2v) is 8.21. The Morgan fingerprint density at radius 3 is 2.48 bits per heavy atom. The standard InChI is InChI=1S/C18H33NO2/c1-18(2,3)14-7-6-9-15(11-10-14)19-12-5-4-8-16(19)13-17(20)21/h14-16H,4-13H2,1-3H3,(H,20,21). The summed E-state index contributed by atoms with van der Waals surface area (Å²) in [6, 6.07) is 0.912. The van der Waals surface area contributed by atoms with E-state index in [4.69, 9.17) is 5.11 Å². The van der Waals surface area contributed by atoms with Gasteiger partial charge in [0.1, 0.15) is 0 Å². The molecule has 0 radical (unpaired) electrons. The maximum atomic E-state index is 11.1. The van der Waals surface area contributed by atoms with Crippen molar-refractivity contribution in [1.82, 2.24) is 4.90 Å². The van der Waals surface area contributed by atoms with Crippen molar-refractivity contribution in [1.29, 1.82) is 0 Å². The van der Waals surface area contributed by atoms with E-state index in [9.17, 15) is 4.79 Å². The molecule has 0 aromatic heterocycles. The number of carboxylic acids is 1. The summed E-state index contributed by atoms with van der Waals surface area (Å²) in [6.07, 6.45) is 10.3. The Hall–Kier alpha value is -0.570. The predicted molar refractivity (Wildman–Crippen MR) is 86.4 cm³/mol. The molecule has 1 aliphatic heterocycles. The molecule has 122 valence electrons. The molecule has 0 aromatic carbocycles. The fourth-order valence-corrected chi connectivity index (χ4v) is 4.40. The average molecular weight is 295 g/mol. The first-order valence-electron chi connectivity index (χ1n) is 8.85. The quantitative estimate of drug-likeness (QED) is 0.789. The number of hydrogen-bond acceptors (Lipinski definition) is 2. The third-order valence-electron chi connectivity index (χ3n) is 5.71. The molecule has 2 fully saturated rings. The van der Waals surface area contributed by atoms with Gasteiger partial charge in [0.25, 0.3) is 0 Å². The maximum absolute atomic E-state index is 11.1. The van der Waals surface area contributed by atoms with Gasteiger partial charge in [-0.1, -0.05) is 33.6 Å². The highest BCUT2D eigenvalue weighted by atomic mass is 16.4. The first-order chi connectivity index (χ1) is 9.88. The molecule has 3 atom stereocenters. The van der Waals surface area contributed by atoms with E-state index >= 15 is 0 Å². The van der Waals surface area contributed by atoms with Crippen LogP contribution in [-0.2, 0) is 4.79 Å². The lowest BCUT2D eigenvalue weighted by atomic mass is 9.76. The van der Waals surface area contributed by atoms with Crippen LogP contribution in [0.2, 0.25) is 0 Å². The van der Waals surface area contributed by atoms with Crippen molar-refractivity contribution < 1.29 is 9.90 Å². The minimum Gasteiger partial charge on any atom is -0.481 e. The number of piperidine rings is 1. The maximum Gasteiger partial charge on any atom is 0.304 e. The lowest BCUT2D eigenvalue weighted by Crippen LogP contribution is -2.47. The number of hydrogen-bond donors (Lipinski definition) is 1. The zero-order chi connectivity index (χ0) is 15.5. The number of carbonyl (C=O) groups is 1. The van der Waals surface area contributed by atoms with Gasteiger partial charge in [-0.2, -0.15) is 0 Å². The normalized spacial score (nSPS) is 32.6. The van der Waals surface area contributed by atoms with Gasteiger partial charge in [0.2, 0.25) is 0 Å². The van der Waals surface area contributed by atoms with Gasteiger partial charge in [-0.15, -0.1) is 0 Å². The van der Waals surface area contributed by atoms with Crippen LogP contribution in [0.1, 0.15) is 78.6 Å². The van der Waals surface area contributed by atoms with E-state index in [1.807, 2.05) is 0 Å². The molecule has 3 nitrogen and oxygen atoms in total. The summed E-state index contributed by atoms with van der Waals surface area (Å²) < 4.78 is 0. The minimum atomic E-state index is -0.631. The number of nitrogens with zero attached hydrogens (tertiary/aromatic N) is 1. The number of rotatable bonds is 3. The van der Waals surface area contributed by atoms with Crippen LogP contribution >= 0.6 is 0 Å². The van der Waals surface area contributed by atoms with Gasteiger partial charge in [-0.25, -0.2) is 0 Å². The van der Waals surface area contributed by atoms with Gasteiger partial charge in [-0.05, 0) is 56.4 Å². The topological polar surface area (TPSA) is 40.5 Å². The summed E-state index contributed by atoms with van der Waals surface area (Å²) in [5.74, 6) is 0.193. The Morgan fingerprint density at radius 1 is 1.05 bits per heavy atom. The molecule has 0 bridgehead atoms. The first-order valence-corrected chi connectivity index (χ1v) is 8.85. The molecule has 1 saturated carbocycles. The zero-order valence-corrected chi connectivity index (χ0v) is 14.1. The Kier molecular flexibility index (Phi) is 5.70. The summed E-state index contributed by atoms with van der Waals surface area (Å²) in [5.41, 5.74) is 0.414. The summed E-state index contributed by atoms with van der Waals surface area (Å²) in [7, 11) is 0. The van der Waals surface area contributed by atoms with Gasteiger partial charge >= 0.3 is 5.97 Å². The van der Waals surface area contributed by atoms with E-state index in [0.29, 0.717) is 17.9 Å². The molecular formula is C18H33NO2. The molecular weight excluding hydrogens is 262 g/mol. The highest BCUT2D eigenvalue weighted by Gasteiger charge is 2.33. The fraction of sp³-hybridized carbons (Fsp3) is 0.944. The second-order valence-electron chi connectivity index (χ2n) is 8.21. The van der Waals surface area contributed by atoms with Crippen LogP contribution in [0.4, 0.5) is 0 Å². The Balaban J connectivity index is 1.97. The highest BCUT2D eigenvalue weighted by Crippen LogP contribution is 2.39. The number of aliphatic carboxylic acids is 1. The molecule has 3 unspecified atom stereocenters. The summed E-state index contributed by atoms with van der Waals surface area (Å²) in [5, 5.41) is 9.16. The fourth-order valence-electron chi connectivity index (χ4n) is 4.40. The largest absolute Gasteiger partial charge is 0.481 e. The summed E-state index contributed by atoms with van der Waals surface area (Å²) in [4.78, 5) is 13.7. The van der Waals surface area contributed by atoms with Crippen molar-refractivity contribution in [3.63, 3.8) is 0 Å². The van der Waals surface area contributed by atoms with Gasteiger partial charge in [0.15, 0.2) is 0 Å². The van der Waals surface area contributed by atoms with E-state index < -0.39 is 5.97 Å². The highest BCUT2D eigenvalue weighted by molar-refractivity contribution is 5.67. The minimum absolute atomic E-state index is 0.285. The van der Waals surface area contributed by atoms with Crippen molar-refractivity contribution in [3.05, 3.63) is 0 Å². The van der Waals surface area contributed by atoms with Crippen molar-refractivity contribution in [3.8, 4) is 0 Å². The number of likely N-dealkylation sites (tertiary alicyclic amines) is 1. The molecule has 2 rings (SSSR count). The van der Waals surface area contributed by atoms with Crippen molar-refractivity contribution in [2.45, 2.75) is 90.6 Å². The van der Waals surface area contributed by atoms with E-state index in [-0.39, 0.29) is 6.04 Å². The smallest absolute Gasteiger partial charge is 0.304 e. The average Bonchev–Trinajstić information content (AvgIpc) is 2.64. The molecule has 0 aromatic rings. The first kappa shape index (κ1) is 16.8. The van der Waals surface area contributed by atoms with Crippen LogP contribution in [0.3, 0.4) is 0 Å². The van der Waals surface area contributed by atoms with E-state index in [0.717, 1.165) is 18.9 Å². The Labute approximate surface area is 130 Å². The number of carboxylic acid groups (broad SMARTS) is 1. The summed E-state index contributed by atoms with van der Waals surface area (Å²) in [6.45, 7) is 8.22. The van der Waals surface area contributed by atoms with Crippen molar-refractivity contribution in [2.75, 3.05) is 6.54 Å². The third-order valence-corrected chi connectivity index (χ3v) is 5.71.